The summed E-state index contributed by atoms with van der Waals surface area (Å²) >= 11 is 6.10. The molecule has 1 aromatic carbocycles. The highest BCUT2D eigenvalue weighted by atomic mass is 35.5. The lowest BCUT2D eigenvalue weighted by molar-refractivity contribution is 0.166. The summed E-state index contributed by atoms with van der Waals surface area (Å²) in [4.78, 5) is 2.57. The molecule has 0 spiro atoms. The van der Waals surface area contributed by atoms with Crippen molar-refractivity contribution in [3.8, 4) is 0 Å². The van der Waals surface area contributed by atoms with Crippen molar-refractivity contribution in [2.24, 2.45) is 0 Å². The number of piperidine rings is 1. The van der Waals surface area contributed by atoms with Gasteiger partial charge in [0, 0.05) is 29.7 Å². The summed E-state index contributed by atoms with van der Waals surface area (Å²) in [5, 5.41) is 4.57. The maximum Gasteiger partial charge on any atom is 0.0408 e. The highest BCUT2D eigenvalue weighted by Gasteiger charge is 2.35. The molecule has 2 aliphatic rings. The van der Waals surface area contributed by atoms with E-state index in [-0.39, 0.29) is 0 Å². The summed E-state index contributed by atoms with van der Waals surface area (Å²) in [7, 11) is 2.29. The van der Waals surface area contributed by atoms with Crippen LogP contribution in [-0.4, -0.2) is 36.6 Å². The van der Waals surface area contributed by atoms with E-state index in [4.69, 9.17) is 11.6 Å². The van der Waals surface area contributed by atoms with Gasteiger partial charge in [-0.05, 0) is 56.3 Å². The van der Waals surface area contributed by atoms with Crippen molar-refractivity contribution in [2.45, 2.75) is 56.7 Å². The van der Waals surface area contributed by atoms with E-state index in [9.17, 15) is 0 Å². The molecule has 0 saturated carbocycles. The second-order valence-corrected chi connectivity index (χ2v) is 7.10. The van der Waals surface area contributed by atoms with Crippen LogP contribution in [0, 0.1) is 0 Å². The van der Waals surface area contributed by atoms with Crippen molar-refractivity contribution in [3.05, 3.63) is 34.9 Å². The Hall–Kier alpha value is -0.570. The number of nitrogens with one attached hydrogen (secondary N) is 1. The number of nitrogens with zero attached hydrogens (tertiary/aromatic N) is 1. The highest BCUT2D eigenvalue weighted by molar-refractivity contribution is 6.30. The van der Waals surface area contributed by atoms with Crippen LogP contribution in [0.3, 0.4) is 0 Å². The van der Waals surface area contributed by atoms with Crippen LogP contribution in [0.5, 0.6) is 0 Å². The van der Waals surface area contributed by atoms with E-state index in [0.717, 1.165) is 29.7 Å². The number of likely N-dealkylation sites (N-methyl/N-ethyl adjacent to an activating group) is 1. The van der Waals surface area contributed by atoms with E-state index in [0.29, 0.717) is 5.92 Å². The molecule has 2 heterocycles. The molecule has 3 atom stereocenters. The number of benzene rings is 1. The largest absolute Gasteiger partial charge is 0.311 e. The SMILES string of the molecule is CC(CN(C)C1CC2CCC(C1)N2)c1cccc(Cl)c1. The van der Waals surface area contributed by atoms with Gasteiger partial charge in [0.1, 0.15) is 0 Å². The molecule has 0 amide bonds. The second-order valence-electron chi connectivity index (χ2n) is 6.66. The van der Waals surface area contributed by atoms with Crippen molar-refractivity contribution < 1.29 is 0 Å². The van der Waals surface area contributed by atoms with E-state index in [2.05, 4.69) is 42.4 Å². The number of halogens is 1. The fraction of sp³-hybridized carbons (Fsp3) is 0.647. The fourth-order valence-corrected chi connectivity index (χ4v) is 4.09. The summed E-state index contributed by atoms with van der Waals surface area (Å²) < 4.78 is 0. The van der Waals surface area contributed by atoms with Crippen LogP contribution in [0.15, 0.2) is 24.3 Å². The van der Waals surface area contributed by atoms with Gasteiger partial charge in [-0.2, -0.15) is 0 Å². The molecule has 2 bridgehead atoms. The molecule has 20 heavy (non-hydrogen) atoms. The Kier molecular flexibility index (Phi) is 4.34. The lowest BCUT2D eigenvalue weighted by Crippen LogP contribution is -2.47. The van der Waals surface area contributed by atoms with Gasteiger partial charge in [-0.25, -0.2) is 0 Å². The summed E-state index contributed by atoms with van der Waals surface area (Å²) in [6.45, 7) is 3.42. The van der Waals surface area contributed by atoms with Gasteiger partial charge in [0.2, 0.25) is 0 Å². The predicted octanol–water partition coefficient (Wildman–Crippen LogP) is 3.66. The first-order valence-electron chi connectivity index (χ1n) is 7.83. The molecule has 1 N–H and O–H groups in total. The second kappa shape index (κ2) is 6.05. The number of hydrogen-bond donors (Lipinski definition) is 1. The van der Waals surface area contributed by atoms with E-state index in [1.807, 2.05) is 6.07 Å². The summed E-state index contributed by atoms with van der Waals surface area (Å²) in [6, 6.07) is 10.6. The van der Waals surface area contributed by atoms with Crippen LogP contribution >= 0.6 is 11.6 Å². The minimum Gasteiger partial charge on any atom is -0.311 e. The molecule has 2 nitrogen and oxygen atoms in total. The average molecular weight is 293 g/mol. The lowest BCUT2D eigenvalue weighted by atomic mass is 9.95. The molecule has 2 saturated heterocycles. The first kappa shape index (κ1) is 14.4. The van der Waals surface area contributed by atoms with E-state index in [1.165, 1.54) is 31.2 Å². The third-order valence-electron chi connectivity index (χ3n) is 5.05. The standard InChI is InChI=1S/C17H25ClN2/c1-12(13-4-3-5-14(18)8-13)11-20(2)17-9-15-6-7-16(10-17)19-15/h3-5,8,12,15-17,19H,6-7,9-11H2,1-2H3. The molecule has 0 aromatic heterocycles. The zero-order valence-electron chi connectivity index (χ0n) is 12.5. The molecule has 2 aliphatic heterocycles. The third-order valence-corrected chi connectivity index (χ3v) is 5.29. The molecule has 3 heteroatoms. The Bertz CT molecular complexity index is 450. The molecule has 3 unspecified atom stereocenters. The monoisotopic (exact) mass is 292 g/mol. The number of rotatable bonds is 4. The summed E-state index contributed by atoms with van der Waals surface area (Å²) in [6.07, 6.45) is 5.38. The molecular formula is C17H25ClN2. The Morgan fingerprint density at radius 2 is 2.00 bits per heavy atom. The average Bonchev–Trinajstić information content (AvgIpc) is 2.77. The van der Waals surface area contributed by atoms with Gasteiger partial charge >= 0.3 is 0 Å². The Balaban J connectivity index is 1.59. The van der Waals surface area contributed by atoms with Crippen LogP contribution in [0.2, 0.25) is 5.02 Å². The smallest absolute Gasteiger partial charge is 0.0408 e. The molecule has 2 fully saturated rings. The first-order valence-corrected chi connectivity index (χ1v) is 8.21. The van der Waals surface area contributed by atoms with Crippen LogP contribution in [0.4, 0.5) is 0 Å². The van der Waals surface area contributed by atoms with Gasteiger partial charge in [0.05, 0.1) is 0 Å². The van der Waals surface area contributed by atoms with Crippen LogP contribution in [0.1, 0.15) is 44.1 Å². The van der Waals surface area contributed by atoms with Gasteiger partial charge in [0.25, 0.3) is 0 Å². The fourth-order valence-electron chi connectivity index (χ4n) is 3.89. The Labute approximate surface area is 127 Å². The van der Waals surface area contributed by atoms with Crippen molar-refractivity contribution in [3.63, 3.8) is 0 Å². The normalized spacial score (nSPS) is 30.7. The molecule has 0 radical (unpaired) electrons. The number of hydrogen-bond acceptors (Lipinski definition) is 2. The summed E-state index contributed by atoms with van der Waals surface area (Å²) in [5.74, 6) is 0.534. The number of fused-ring (bicyclic) bond motifs is 2. The topological polar surface area (TPSA) is 15.3 Å². The Morgan fingerprint density at radius 1 is 1.30 bits per heavy atom. The third kappa shape index (κ3) is 3.19. The van der Waals surface area contributed by atoms with Gasteiger partial charge in [0.15, 0.2) is 0 Å². The summed E-state index contributed by atoms with van der Waals surface area (Å²) in [5.41, 5.74) is 1.35. The van der Waals surface area contributed by atoms with E-state index >= 15 is 0 Å². The van der Waals surface area contributed by atoms with Gasteiger partial charge in [-0.3, -0.25) is 0 Å². The van der Waals surface area contributed by atoms with E-state index in [1.54, 1.807) is 0 Å². The minimum absolute atomic E-state index is 0.534. The zero-order chi connectivity index (χ0) is 14.1. The highest BCUT2D eigenvalue weighted by Crippen LogP contribution is 2.30. The maximum atomic E-state index is 6.10. The van der Waals surface area contributed by atoms with E-state index < -0.39 is 0 Å². The first-order chi connectivity index (χ1) is 9.61. The van der Waals surface area contributed by atoms with Crippen molar-refractivity contribution in [1.82, 2.24) is 10.2 Å². The van der Waals surface area contributed by atoms with Crippen LogP contribution in [0.25, 0.3) is 0 Å². The molecule has 110 valence electrons. The molecule has 3 rings (SSSR count). The van der Waals surface area contributed by atoms with Gasteiger partial charge < -0.3 is 10.2 Å². The van der Waals surface area contributed by atoms with Crippen molar-refractivity contribution in [1.29, 1.82) is 0 Å². The zero-order valence-corrected chi connectivity index (χ0v) is 13.2. The lowest BCUT2D eigenvalue weighted by Gasteiger charge is -2.36. The quantitative estimate of drug-likeness (QED) is 0.911. The molecular weight excluding hydrogens is 268 g/mol. The molecule has 0 aliphatic carbocycles. The van der Waals surface area contributed by atoms with Crippen LogP contribution in [-0.2, 0) is 0 Å². The maximum absolute atomic E-state index is 6.10. The van der Waals surface area contributed by atoms with Gasteiger partial charge in [-0.1, -0.05) is 30.7 Å². The Morgan fingerprint density at radius 3 is 2.65 bits per heavy atom. The van der Waals surface area contributed by atoms with Crippen LogP contribution < -0.4 is 5.32 Å². The minimum atomic E-state index is 0.534. The molecule has 1 aromatic rings. The van der Waals surface area contributed by atoms with Crippen molar-refractivity contribution in [2.75, 3.05) is 13.6 Å². The predicted molar refractivity (Wildman–Crippen MR) is 85.5 cm³/mol. The van der Waals surface area contributed by atoms with Crippen molar-refractivity contribution >= 4 is 11.6 Å². The van der Waals surface area contributed by atoms with Gasteiger partial charge in [-0.15, -0.1) is 0 Å².